The molecule has 15 heavy (non-hydrogen) atoms. The summed E-state index contributed by atoms with van der Waals surface area (Å²) >= 11 is 0. The Bertz CT molecular complexity index is 352. The number of likely N-dealkylation sites (tertiary alicyclic amines) is 1. The van der Waals surface area contributed by atoms with Crippen LogP contribution in [-0.2, 0) is 4.79 Å². The van der Waals surface area contributed by atoms with Gasteiger partial charge in [0.15, 0.2) is 0 Å². The standard InChI is InChI=1S/C10H16N4O/c1-8(15)13-6-3-9(4-7-13)14-10(11)2-5-12-14/h2,5,9H,3-4,6-7,11H2,1H3. The van der Waals surface area contributed by atoms with Crippen LogP contribution in [-0.4, -0.2) is 33.7 Å². The molecule has 0 atom stereocenters. The summed E-state index contributed by atoms with van der Waals surface area (Å²) in [4.78, 5) is 13.0. The monoisotopic (exact) mass is 208 g/mol. The van der Waals surface area contributed by atoms with Crippen molar-refractivity contribution in [3.8, 4) is 0 Å². The van der Waals surface area contributed by atoms with Gasteiger partial charge in [-0.3, -0.25) is 4.79 Å². The molecule has 0 aliphatic carbocycles. The zero-order valence-corrected chi connectivity index (χ0v) is 8.89. The fraction of sp³-hybridized carbons (Fsp3) is 0.600. The van der Waals surface area contributed by atoms with Crippen molar-refractivity contribution in [1.82, 2.24) is 14.7 Å². The van der Waals surface area contributed by atoms with Crippen LogP contribution in [0.25, 0.3) is 0 Å². The molecule has 0 unspecified atom stereocenters. The second-order valence-corrected chi connectivity index (χ2v) is 3.94. The van der Waals surface area contributed by atoms with E-state index in [4.69, 9.17) is 5.73 Å². The fourth-order valence-corrected chi connectivity index (χ4v) is 2.05. The quantitative estimate of drug-likeness (QED) is 0.737. The number of carbonyl (C=O) groups is 1. The molecule has 1 aliphatic rings. The molecule has 0 radical (unpaired) electrons. The Hall–Kier alpha value is -1.52. The molecular weight excluding hydrogens is 192 g/mol. The van der Waals surface area contributed by atoms with E-state index in [-0.39, 0.29) is 5.91 Å². The number of nitrogens with two attached hydrogens (primary N) is 1. The smallest absolute Gasteiger partial charge is 0.219 e. The lowest BCUT2D eigenvalue weighted by Gasteiger charge is -2.31. The Morgan fingerprint density at radius 1 is 1.53 bits per heavy atom. The van der Waals surface area contributed by atoms with Crippen LogP contribution in [0, 0.1) is 0 Å². The maximum absolute atomic E-state index is 11.1. The molecule has 1 saturated heterocycles. The van der Waals surface area contributed by atoms with Crippen LogP contribution in [0.1, 0.15) is 25.8 Å². The van der Waals surface area contributed by atoms with E-state index in [2.05, 4.69) is 5.10 Å². The minimum absolute atomic E-state index is 0.155. The van der Waals surface area contributed by atoms with Crippen molar-refractivity contribution in [3.63, 3.8) is 0 Å². The molecule has 5 heteroatoms. The average molecular weight is 208 g/mol. The van der Waals surface area contributed by atoms with Crippen LogP contribution < -0.4 is 5.73 Å². The predicted octanol–water partition coefficient (Wildman–Crippen LogP) is 0.649. The van der Waals surface area contributed by atoms with Crippen LogP contribution in [0.3, 0.4) is 0 Å². The van der Waals surface area contributed by atoms with Crippen LogP contribution in [0.5, 0.6) is 0 Å². The first-order valence-corrected chi connectivity index (χ1v) is 5.23. The van der Waals surface area contributed by atoms with E-state index in [0.29, 0.717) is 11.9 Å². The molecule has 0 aromatic carbocycles. The van der Waals surface area contributed by atoms with E-state index < -0.39 is 0 Å². The Labute approximate surface area is 88.8 Å². The maximum atomic E-state index is 11.1. The second-order valence-electron chi connectivity index (χ2n) is 3.94. The highest BCUT2D eigenvalue weighted by atomic mass is 16.2. The van der Waals surface area contributed by atoms with Crippen molar-refractivity contribution in [3.05, 3.63) is 12.3 Å². The van der Waals surface area contributed by atoms with Gasteiger partial charge in [-0.25, -0.2) is 4.68 Å². The van der Waals surface area contributed by atoms with Gasteiger partial charge in [0.2, 0.25) is 5.91 Å². The zero-order valence-electron chi connectivity index (χ0n) is 8.89. The molecule has 1 amide bonds. The summed E-state index contributed by atoms with van der Waals surface area (Å²) in [5, 5.41) is 4.20. The summed E-state index contributed by atoms with van der Waals surface area (Å²) in [6, 6.07) is 2.15. The van der Waals surface area contributed by atoms with E-state index >= 15 is 0 Å². The van der Waals surface area contributed by atoms with Crippen LogP contribution in [0.15, 0.2) is 12.3 Å². The van der Waals surface area contributed by atoms with Crippen molar-refractivity contribution < 1.29 is 4.79 Å². The minimum Gasteiger partial charge on any atom is -0.384 e. The molecular formula is C10H16N4O. The van der Waals surface area contributed by atoms with Gasteiger partial charge in [0, 0.05) is 20.0 Å². The predicted molar refractivity (Wildman–Crippen MR) is 57.2 cm³/mol. The van der Waals surface area contributed by atoms with E-state index in [0.717, 1.165) is 25.9 Å². The molecule has 1 aromatic heterocycles. The Kier molecular flexibility index (Phi) is 2.62. The summed E-state index contributed by atoms with van der Waals surface area (Å²) in [5.74, 6) is 0.859. The number of carbonyl (C=O) groups excluding carboxylic acids is 1. The molecule has 5 nitrogen and oxygen atoms in total. The number of piperidine rings is 1. The first-order valence-electron chi connectivity index (χ1n) is 5.23. The SMILES string of the molecule is CC(=O)N1CCC(n2nccc2N)CC1. The van der Waals surface area contributed by atoms with Gasteiger partial charge in [0.25, 0.3) is 0 Å². The van der Waals surface area contributed by atoms with Crippen molar-refractivity contribution >= 4 is 11.7 Å². The molecule has 0 saturated carbocycles. The highest BCUT2D eigenvalue weighted by molar-refractivity contribution is 5.73. The molecule has 2 heterocycles. The molecule has 1 fully saturated rings. The first-order chi connectivity index (χ1) is 7.18. The van der Waals surface area contributed by atoms with Crippen molar-refractivity contribution in [2.24, 2.45) is 0 Å². The normalized spacial score (nSPS) is 18.1. The lowest BCUT2D eigenvalue weighted by atomic mass is 10.1. The number of nitrogen functional groups attached to an aromatic ring is 1. The Balaban J connectivity index is 2.00. The van der Waals surface area contributed by atoms with Gasteiger partial charge in [-0.05, 0) is 18.9 Å². The van der Waals surface area contributed by atoms with Crippen LogP contribution >= 0.6 is 0 Å². The Morgan fingerprint density at radius 3 is 2.67 bits per heavy atom. The number of aromatic nitrogens is 2. The Morgan fingerprint density at radius 2 is 2.20 bits per heavy atom. The number of amides is 1. The number of nitrogens with zero attached hydrogens (tertiary/aromatic N) is 3. The van der Waals surface area contributed by atoms with E-state index in [1.807, 2.05) is 9.58 Å². The van der Waals surface area contributed by atoms with Gasteiger partial charge < -0.3 is 10.6 Å². The summed E-state index contributed by atoms with van der Waals surface area (Å²) in [6.45, 7) is 3.22. The van der Waals surface area contributed by atoms with Gasteiger partial charge >= 0.3 is 0 Å². The summed E-state index contributed by atoms with van der Waals surface area (Å²) in [6.07, 6.45) is 3.59. The summed E-state index contributed by atoms with van der Waals surface area (Å²) in [7, 11) is 0. The third kappa shape index (κ3) is 1.95. The molecule has 2 rings (SSSR count). The average Bonchev–Trinajstić information content (AvgIpc) is 2.65. The lowest BCUT2D eigenvalue weighted by Crippen LogP contribution is -2.38. The van der Waals surface area contributed by atoms with Gasteiger partial charge in [-0.15, -0.1) is 0 Å². The topological polar surface area (TPSA) is 64.2 Å². The number of anilines is 1. The summed E-state index contributed by atoms with van der Waals surface area (Å²) in [5.41, 5.74) is 5.79. The van der Waals surface area contributed by atoms with Gasteiger partial charge in [-0.2, -0.15) is 5.10 Å². The largest absolute Gasteiger partial charge is 0.384 e. The summed E-state index contributed by atoms with van der Waals surface area (Å²) < 4.78 is 1.86. The van der Waals surface area contributed by atoms with Gasteiger partial charge in [0.05, 0.1) is 12.2 Å². The molecule has 2 N–H and O–H groups in total. The van der Waals surface area contributed by atoms with Crippen LogP contribution in [0.2, 0.25) is 0 Å². The fourth-order valence-electron chi connectivity index (χ4n) is 2.05. The van der Waals surface area contributed by atoms with Gasteiger partial charge in [-0.1, -0.05) is 0 Å². The molecule has 0 spiro atoms. The van der Waals surface area contributed by atoms with E-state index in [1.54, 1.807) is 19.2 Å². The first kappa shape index (κ1) is 10.0. The highest BCUT2D eigenvalue weighted by Crippen LogP contribution is 2.23. The van der Waals surface area contributed by atoms with Crippen LogP contribution in [0.4, 0.5) is 5.82 Å². The third-order valence-corrected chi connectivity index (χ3v) is 2.96. The lowest BCUT2D eigenvalue weighted by molar-refractivity contribution is -0.130. The maximum Gasteiger partial charge on any atom is 0.219 e. The van der Waals surface area contributed by atoms with Crippen molar-refractivity contribution in [1.29, 1.82) is 0 Å². The molecule has 1 aliphatic heterocycles. The van der Waals surface area contributed by atoms with Crippen molar-refractivity contribution in [2.45, 2.75) is 25.8 Å². The minimum atomic E-state index is 0.155. The molecule has 0 bridgehead atoms. The molecule has 82 valence electrons. The number of hydrogen-bond acceptors (Lipinski definition) is 3. The zero-order chi connectivity index (χ0) is 10.8. The highest BCUT2D eigenvalue weighted by Gasteiger charge is 2.22. The van der Waals surface area contributed by atoms with Crippen molar-refractivity contribution in [2.75, 3.05) is 18.8 Å². The second kappa shape index (κ2) is 3.92. The number of hydrogen-bond donors (Lipinski definition) is 1. The van der Waals surface area contributed by atoms with E-state index in [1.165, 1.54) is 0 Å². The van der Waals surface area contributed by atoms with E-state index in [9.17, 15) is 4.79 Å². The van der Waals surface area contributed by atoms with Gasteiger partial charge in [0.1, 0.15) is 5.82 Å². The molecule has 1 aromatic rings. The third-order valence-electron chi connectivity index (χ3n) is 2.96. The number of rotatable bonds is 1.